The zero-order valence-corrected chi connectivity index (χ0v) is 14.7. The molecule has 5 heteroatoms. The molecule has 0 radical (unpaired) electrons. The summed E-state index contributed by atoms with van der Waals surface area (Å²) >= 11 is 0. The van der Waals surface area contributed by atoms with E-state index in [1.54, 1.807) is 30.1 Å². The molecular weight excluding hydrogens is 316 g/mol. The Morgan fingerprint density at radius 2 is 1.72 bits per heavy atom. The number of para-hydroxylation sites is 2. The van der Waals surface area contributed by atoms with E-state index in [-0.39, 0.29) is 11.8 Å². The molecule has 0 spiro atoms. The molecule has 0 aliphatic rings. The van der Waals surface area contributed by atoms with Gasteiger partial charge in [0.1, 0.15) is 5.75 Å². The molecule has 0 aliphatic carbocycles. The Morgan fingerprint density at radius 3 is 2.44 bits per heavy atom. The number of carbonyl (C=O) groups excluding carboxylic acids is 2. The predicted octanol–water partition coefficient (Wildman–Crippen LogP) is 3.26. The first-order valence-electron chi connectivity index (χ1n) is 8.45. The minimum absolute atomic E-state index is 0.0233. The third-order valence-corrected chi connectivity index (χ3v) is 3.80. The fraction of sp³-hybridized carbons (Fsp3) is 0.300. The van der Waals surface area contributed by atoms with Crippen LogP contribution in [0.15, 0.2) is 54.6 Å². The Labute approximate surface area is 148 Å². The highest BCUT2D eigenvalue weighted by molar-refractivity contribution is 5.97. The van der Waals surface area contributed by atoms with Crippen molar-refractivity contribution in [1.82, 2.24) is 5.32 Å². The van der Waals surface area contributed by atoms with E-state index in [1.165, 1.54) is 0 Å². The average Bonchev–Trinajstić information content (AvgIpc) is 2.65. The van der Waals surface area contributed by atoms with Crippen molar-refractivity contribution in [1.29, 1.82) is 0 Å². The van der Waals surface area contributed by atoms with E-state index in [4.69, 9.17) is 4.74 Å². The van der Waals surface area contributed by atoms with Crippen molar-refractivity contribution < 1.29 is 14.3 Å². The van der Waals surface area contributed by atoms with Crippen LogP contribution >= 0.6 is 0 Å². The van der Waals surface area contributed by atoms with Crippen LogP contribution in [0.5, 0.6) is 5.75 Å². The van der Waals surface area contributed by atoms with Crippen molar-refractivity contribution in [2.75, 3.05) is 25.1 Å². The maximum Gasteiger partial charge on any atom is 0.255 e. The van der Waals surface area contributed by atoms with Crippen molar-refractivity contribution in [2.45, 2.75) is 19.8 Å². The summed E-state index contributed by atoms with van der Waals surface area (Å²) in [5.74, 6) is 0.408. The van der Waals surface area contributed by atoms with Crippen LogP contribution in [0.3, 0.4) is 0 Å². The molecule has 0 saturated heterocycles. The van der Waals surface area contributed by atoms with Gasteiger partial charge in [-0.05, 0) is 37.6 Å². The third kappa shape index (κ3) is 5.35. The molecule has 2 rings (SSSR count). The van der Waals surface area contributed by atoms with E-state index >= 15 is 0 Å². The lowest BCUT2D eigenvalue weighted by Crippen LogP contribution is -2.29. The molecule has 0 fully saturated rings. The normalized spacial score (nSPS) is 10.2. The Bertz CT molecular complexity index is 701. The van der Waals surface area contributed by atoms with E-state index in [0.29, 0.717) is 37.3 Å². The molecule has 2 aromatic rings. The summed E-state index contributed by atoms with van der Waals surface area (Å²) in [5.41, 5.74) is 1.37. The van der Waals surface area contributed by atoms with Crippen molar-refractivity contribution >= 4 is 17.5 Å². The largest absolute Gasteiger partial charge is 0.493 e. The van der Waals surface area contributed by atoms with E-state index in [9.17, 15) is 9.59 Å². The Kier molecular flexibility index (Phi) is 7.01. The van der Waals surface area contributed by atoms with Gasteiger partial charge in [-0.25, -0.2) is 0 Å². The highest BCUT2D eigenvalue weighted by atomic mass is 16.5. The Hall–Kier alpha value is -2.82. The molecule has 2 amide bonds. The van der Waals surface area contributed by atoms with Gasteiger partial charge in [0, 0.05) is 25.7 Å². The molecule has 0 heterocycles. The van der Waals surface area contributed by atoms with Gasteiger partial charge >= 0.3 is 0 Å². The lowest BCUT2D eigenvalue weighted by atomic mass is 10.2. The summed E-state index contributed by atoms with van der Waals surface area (Å²) in [6, 6.07) is 16.6. The van der Waals surface area contributed by atoms with Crippen LogP contribution in [-0.2, 0) is 4.79 Å². The van der Waals surface area contributed by atoms with Gasteiger partial charge in [-0.1, -0.05) is 30.3 Å². The quantitative estimate of drug-likeness (QED) is 0.751. The number of carbonyl (C=O) groups is 2. The maximum atomic E-state index is 12.3. The maximum absolute atomic E-state index is 12.3. The molecule has 132 valence electrons. The summed E-state index contributed by atoms with van der Waals surface area (Å²) in [6.45, 7) is 2.82. The number of amides is 2. The van der Waals surface area contributed by atoms with Crippen LogP contribution in [0, 0.1) is 0 Å². The molecule has 0 aromatic heterocycles. The summed E-state index contributed by atoms with van der Waals surface area (Å²) < 4.78 is 5.46. The van der Waals surface area contributed by atoms with Crippen LogP contribution in [0.4, 0.5) is 5.69 Å². The van der Waals surface area contributed by atoms with Gasteiger partial charge in [-0.15, -0.1) is 0 Å². The van der Waals surface area contributed by atoms with Crippen LogP contribution < -0.4 is 15.0 Å². The van der Waals surface area contributed by atoms with Gasteiger partial charge in [0.25, 0.3) is 5.91 Å². The number of anilines is 1. The SMILES string of the molecule is CCOc1ccccc1C(=O)NCCCC(=O)N(C)c1ccccc1. The minimum Gasteiger partial charge on any atom is -0.493 e. The van der Waals surface area contributed by atoms with Gasteiger partial charge in [0.2, 0.25) is 5.91 Å². The topological polar surface area (TPSA) is 58.6 Å². The second-order valence-electron chi connectivity index (χ2n) is 5.58. The minimum atomic E-state index is -0.187. The van der Waals surface area contributed by atoms with Gasteiger partial charge < -0.3 is 15.0 Å². The van der Waals surface area contributed by atoms with E-state index < -0.39 is 0 Å². The zero-order chi connectivity index (χ0) is 18.1. The number of benzene rings is 2. The number of rotatable bonds is 8. The van der Waals surface area contributed by atoms with Crippen LogP contribution in [0.2, 0.25) is 0 Å². The molecule has 0 bridgehead atoms. The molecule has 0 unspecified atom stereocenters. The summed E-state index contributed by atoms with van der Waals surface area (Å²) in [4.78, 5) is 26.1. The van der Waals surface area contributed by atoms with Crippen molar-refractivity contribution in [3.05, 3.63) is 60.2 Å². The zero-order valence-electron chi connectivity index (χ0n) is 14.7. The molecular formula is C20H24N2O3. The van der Waals surface area contributed by atoms with E-state index in [0.717, 1.165) is 5.69 Å². The first-order valence-corrected chi connectivity index (χ1v) is 8.45. The number of hydrogen-bond donors (Lipinski definition) is 1. The number of hydrogen-bond acceptors (Lipinski definition) is 3. The Morgan fingerprint density at radius 1 is 1.04 bits per heavy atom. The second-order valence-corrected chi connectivity index (χ2v) is 5.58. The van der Waals surface area contributed by atoms with Gasteiger partial charge in [0.05, 0.1) is 12.2 Å². The van der Waals surface area contributed by atoms with Gasteiger partial charge in [-0.3, -0.25) is 9.59 Å². The number of ether oxygens (including phenoxy) is 1. The lowest BCUT2D eigenvalue weighted by Gasteiger charge is -2.17. The lowest BCUT2D eigenvalue weighted by molar-refractivity contribution is -0.118. The monoisotopic (exact) mass is 340 g/mol. The molecule has 25 heavy (non-hydrogen) atoms. The first-order chi connectivity index (χ1) is 12.1. The van der Waals surface area contributed by atoms with Gasteiger partial charge in [-0.2, -0.15) is 0 Å². The summed E-state index contributed by atoms with van der Waals surface area (Å²) in [5, 5.41) is 2.84. The molecule has 1 N–H and O–H groups in total. The standard InChI is InChI=1S/C20H24N2O3/c1-3-25-18-13-8-7-12-17(18)20(24)21-15-9-14-19(23)22(2)16-10-5-4-6-11-16/h4-8,10-13H,3,9,14-15H2,1-2H3,(H,21,24). The van der Waals surface area contributed by atoms with Crippen molar-refractivity contribution in [2.24, 2.45) is 0 Å². The van der Waals surface area contributed by atoms with Crippen LogP contribution in [0.1, 0.15) is 30.1 Å². The fourth-order valence-electron chi connectivity index (χ4n) is 2.44. The van der Waals surface area contributed by atoms with E-state index in [2.05, 4.69) is 5.32 Å². The Balaban J connectivity index is 1.79. The van der Waals surface area contributed by atoms with E-state index in [1.807, 2.05) is 43.3 Å². The number of nitrogens with zero attached hydrogens (tertiary/aromatic N) is 1. The third-order valence-electron chi connectivity index (χ3n) is 3.80. The fourth-order valence-corrected chi connectivity index (χ4v) is 2.44. The molecule has 5 nitrogen and oxygen atoms in total. The summed E-state index contributed by atoms with van der Waals surface area (Å²) in [6.07, 6.45) is 0.956. The van der Waals surface area contributed by atoms with Crippen molar-refractivity contribution in [3.63, 3.8) is 0 Å². The highest BCUT2D eigenvalue weighted by Crippen LogP contribution is 2.17. The molecule has 0 atom stereocenters. The molecule has 2 aromatic carbocycles. The average molecular weight is 340 g/mol. The van der Waals surface area contributed by atoms with Crippen molar-refractivity contribution in [3.8, 4) is 5.75 Å². The summed E-state index contributed by atoms with van der Waals surface area (Å²) in [7, 11) is 1.76. The number of nitrogens with one attached hydrogen (secondary N) is 1. The first kappa shape index (κ1) is 18.5. The predicted molar refractivity (Wildman–Crippen MR) is 99.0 cm³/mol. The smallest absolute Gasteiger partial charge is 0.255 e. The van der Waals surface area contributed by atoms with Crippen LogP contribution in [0.25, 0.3) is 0 Å². The van der Waals surface area contributed by atoms with Crippen LogP contribution in [-0.4, -0.2) is 32.0 Å². The second kappa shape index (κ2) is 9.47. The molecule has 0 aliphatic heterocycles. The molecule has 0 saturated carbocycles. The highest BCUT2D eigenvalue weighted by Gasteiger charge is 2.13. The van der Waals surface area contributed by atoms with Gasteiger partial charge in [0.15, 0.2) is 0 Å².